The van der Waals surface area contributed by atoms with E-state index in [1.165, 1.54) is 72.7 Å². The molecular weight excluding hydrogens is 851 g/mol. The van der Waals surface area contributed by atoms with Crippen molar-refractivity contribution in [3.8, 4) is 40.8 Å². The minimum Gasteiger partial charge on any atom is -0.459 e. The van der Waals surface area contributed by atoms with Gasteiger partial charge in [0.05, 0.1) is 11.0 Å². The number of furan rings is 2. The highest BCUT2D eigenvalue weighted by Crippen LogP contribution is 2.39. The van der Waals surface area contributed by atoms with Crippen LogP contribution in [0.25, 0.3) is 99.7 Å². The molecule has 0 radical (unpaired) electrons. The highest BCUT2D eigenvalue weighted by Gasteiger charge is 2.16. The van der Waals surface area contributed by atoms with Crippen molar-refractivity contribution >= 4 is 84.4 Å². The van der Waals surface area contributed by atoms with Gasteiger partial charge in [-0.2, -0.15) is 12.6 Å². The molecule has 0 bridgehead atoms. The molecule has 5 heteroatoms. The van der Waals surface area contributed by atoms with Gasteiger partial charge in [-0.15, -0.1) is 12.8 Å². The van der Waals surface area contributed by atoms with E-state index in [0.717, 1.165) is 61.7 Å². The highest BCUT2D eigenvalue weighted by atomic mass is 32.1. The van der Waals surface area contributed by atoms with Crippen LogP contribution in [0.1, 0.15) is 22.3 Å². The molecule has 11 aromatic rings. The van der Waals surface area contributed by atoms with Crippen molar-refractivity contribution in [1.29, 1.82) is 0 Å². The first-order chi connectivity index (χ1) is 33.3. The fourth-order valence-electron chi connectivity index (χ4n) is 8.72. The van der Waals surface area contributed by atoms with Crippen molar-refractivity contribution < 1.29 is 13.6 Å². The first-order valence-corrected chi connectivity index (χ1v) is 23.0. The Balaban J connectivity index is 0.000000430. The number of para-hydroxylation sites is 1. The molecule has 8 aromatic carbocycles. The quantitative estimate of drug-likeness (QED) is 0.0643. The molecule has 4 nitrogen and oxygen atoms in total. The van der Waals surface area contributed by atoms with Crippen LogP contribution in [0.2, 0.25) is 0 Å². The van der Waals surface area contributed by atoms with Crippen molar-refractivity contribution in [2.75, 3.05) is 6.26 Å². The molecule has 0 atom stereocenters. The maximum atomic E-state index is 6.41. The molecule has 0 aliphatic heterocycles. The van der Waals surface area contributed by atoms with Crippen LogP contribution < -0.4 is 0 Å². The third-order valence-corrected chi connectivity index (χ3v) is 11.9. The van der Waals surface area contributed by atoms with Crippen LogP contribution in [0.15, 0.2) is 229 Å². The minimum absolute atomic E-state index is 0.486. The van der Waals surface area contributed by atoms with Gasteiger partial charge in [0.15, 0.2) is 0 Å². The first-order valence-electron chi connectivity index (χ1n) is 22.1. The van der Waals surface area contributed by atoms with Gasteiger partial charge in [-0.25, -0.2) is 0 Å². The van der Waals surface area contributed by atoms with Crippen LogP contribution in [0.3, 0.4) is 0 Å². The Morgan fingerprint density at radius 1 is 0.515 bits per heavy atom. The third-order valence-electron chi connectivity index (χ3n) is 11.9. The predicted molar refractivity (Wildman–Crippen MR) is 295 cm³/mol. The number of nitrogens with zero attached hydrogens (tertiary/aromatic N) is 1. The number of allylic oxidation sites excluding steroid dienone is 2. The molecule has 0 amide bonds. The Bertz CT molecular complexity index is 3700. The number of fused-ring (bicyclic) bond motifs is 9. The number of rotatable bonds is 10. The Kier molecular flexibility index (Phi) is 13.8. The van der Waals surface area contributed by atoms with E-state index < -0.39 is 0 Å². The number of hydrogen-bond acceptors (Lipinski definition) is 4. The molecule has 0 aliphatic carbocycles. The zero-order valence-electron chi connectivity index (χ0n) is 38.3. The average Bonchev–Trinajstić information content (AvgIpc) is 4.06. The molecule has 332 valence electrons. The second kappa shape index (κ2) is 20.4. The largest absolute Gasteiger partial charge is 0.459 e. The lowest BCUT2D eigenvalue weighted by Gasteiger charge is -2.09. The molecule has 0 saturated carbocycles. The molecular formula is C63H51NO3S. The van der Waals surface area contributed by atoms with E-state index in [2.05, 4.69) is 234 Å². The normalized spacial score (nSPS) is 10.7. The van der Waals surface area contributed by atoms with Gasteiger partial charge in [-0.3, -0.25) is 0 Å². The minimum atomic E-state index is 0.486. The maximum Gasteiger partial charge on any atom is 0.135 e. The van der Waals surface area contributed by atoms with Crippen LogP contribution in [0, 0.1) is 19.8 Å². The second-order valence-electron chi connectivity index (χ2n) is 16.2. The van der Waals surface area contributed by atoms with Crippen molar-refractivity contribution in [2.45, 2.75) is 13.3 Å². The summed E-state index contributed by atoms with van der Waals surface area (Å²) >= 11 is 3.53. The Morgan fingerprint density at radius 2 is 1.09 bits per heavy atom. The summed E-state index contributed by atoms with van der Waals surface area (Å²) in [5, 5.41) is 7.01. The van der Waals surface area contributed by atoms with Crippen LogP contribution in [0.4, 0.5) is 0 Å². The summed E-state index contributed by atoms with van der Waals surface area (Å²) in [6, 6.07) is 59.1. The fraction of sp³-hybridized carbons (Fsp3) is 0.0476. The predicted octanol–water partition coefficient (Wildman–Crippen LogP) is 17.7. The Labute approximate surface area is 403 Å². The number of hydrogen-bond donors (Lipinski definition) is 1. The molecule has 0 spiro atoms. The molecule has 0 aliphatic rings. The van der Waals surface area contributed by atoms with E-state index in [1.807, 2.05) is 6.08 Å². The standard InChI is InChI=1S/C52H35NO2.C8H10O.C2H2.CH4S/c1-3-33-12-15-36(16-13-33)38-17-21-48-43(29-38)41-9-4-5-10-47(41)53(48)40-19-24-51-46(31-40)45-30-39(18-23-50(45)54-51)37-8-6-7-34(27-37)26-35-14-20-42-44-25-32(2)11-22-49(44)55-52(42)28-35;1-5-7(3)9-8(4)6-2;2*1-2/h3-25,27-31H,1,26H2,2H3;5-6H,1-4H2;1-2H;2H,1H3. The lowest BCUT2D eigenvalue weighted by atomic mass is 9.97. The zero-order valence-corrected chi connectivity index (χ0v) is 39.2. The van der Waals surface area contributed by atoms with E-state index >= 15 is 0 Å². The SMILES string of the molecule is C#C.C=CC(=C)OC(=C)C=C.C=Cc1ccc(-c2ccc3c(c2)c2ccccc2n3-c2ccc3oc4ccc(-c5cccc(Cc6ccc7c(c6)oc6ccc(C)cc67)c5)cc4c3c2)cc1.CS. The van der Waals surface area contributed by atoms with Crippen molar-refractivity contribution in [2.24, 2.45) is 0 Å². The monoisotopic (exact) mass is 901 g/mol. The van der Waals surface area contributed by atoms with Crippen molar-refractivity contribution in [3.63, 3.8) is 0 Å². The molecule has 0 fully saturated rings. The highest BCUT2D eigenvalue weighted by molar-refractivity contribution is 7.79. The van der Waals surface area contributed by atoms with E-state index in [9.17, 15) is 0 Å². The number of aromatic nitrogens is 1. The first kappa shape index (κ1) is 46.1. The number of aryl methyl sites for hydroxylation is 1. The van der Waals surface area contributed by atoms with Crippen LogP contribution in [-0.4, -0.2) is 10.8 Å². The summed E-state index contributed by atoms with van der Waals surface area (Å²) in [4.78, 5) is 0. The van der Waals surface area contributed by atoms with Gasteiger partial charge in [-0.05, 0) is 137 Å². The van der Waals surface area contributed by atoms with E-state index in [-0.39, 0.29) is 0 Å². The van der Waals surface area contributed by atoms with Gasteiger partial charge in [-0.1, -0.05) is 142 Å². The summed E-state index contributed by atoms with van der Waals surface area (Å²) in [5.74, 6) is 0.972. The fourth-order valence-corrected chi connectivity index (χ4v) is 8.72. The second-order valence-corrected chi connectivity index (χ2v) is 16.2. The molecule has 3 heterocycles. The number of thiol groups is 1. The van der Waals surface area contributed by atoms with E-state index in [1.54, 1.807) is 6.26 Å². The number of ether oxygens (including phenoxy) is 1. The van der Waals surface area contributed by atoms with Crippen molar-refractivity contribution in [3.05, 3.63) is 243 Å². The maximum absolute atomic E-state index is 6.41. The molecule has 0 unspecified atom stereocenters. The van der Waals surface area contributed by atoms with Gasteiger partial charge >= 0.3 is 0 Å². The molecule has 11 rings (SSSR count). The smallest absolute Gasteiger partial charge is 0.135 e. The Morgan fingerprint density at radius 3 is 1.82 bits per heavy atom. The van der Waals surface area contributed by atoms with Gasteiger partial charge in [0, 0.05) is 38.0 Å². The van der Waals surface area contributed by atoms with Gasteiger partial charge in [0.1, 0.15) is 33.9 Å². The van der Waals surface area contributed by atoms with E-state index in [4.69, 9.17) is 13.6 Å². The van der Waals surface area contributed by atoms with Crippen LogP contribution >= 0.6 is 12.6 Å². The van der Waals surface area contributed by atoms with Gasteiger partial charge in [0.25, 0.3) is 0 Å². The molecule has 68 heavy (non-hydrogen) atoms. The zero-order chi connectivity index (χ0) is 47.9. The summed E-state index contributed by atoms with van der Waals surface area (Å²) < 4.78 is 20.0. The molecule has 0 N–H and O–H groups in total. The molecule has 3 aromatic heterocycles. The Hall–Kier alpha value is -8.43. The van der Waals surface area contributed by atoms with E-state index in [0.29, 0.717) is 11.5 Å². The van der Waals surface area contributed by atoms with Crippen molar-refractivity contribution in [1.82, 2.24) is 4.57 Å². The average molecular weight is 902 g/mol. The molecule has 0 saturated heterocycles. The van der Waals surface area contributed by atoms with Crippen LogP contribution in [-0.2, 0) is 11.2 Å². The lowest BCUT2D eigenvalue weighted by molar-refractivity contribution is 0.340. The summed E-state index contributed by atoms with van der Waals surface area (Å²) in [6.45, 7) is 20.0. The van der Waals surface area contributed by atoms with Crippen LogP contribution in [0.5, 0.6) is 0 Å². The number of benzene rings is 8. The lowest BCUT2D eigenvalue weighted by Crippen LogP contribution is -1.93. The summed E-state index contributed by atoms with van der Waals surface area (Å²) in [6.07, 6.45) is 15.4. The van der Waals surface area contributed by atoms with Gasteiger partial charge < -0.3 is 18.1 Å². The summed E-state index contributed by atoms with van der Waals surface area (Å²) in [5.41, 5.74) is 16.7. The topological polar surface area (TPSA) is 40.4 Å². The number of terminal acetylenes is 1. The third kappa shape index (κ3) is 9.19. The summed E-state index contributed by atoms with van der Waals surface area (Å²) in [7, 11) is 0. The van der Waals surface area contributed by atoms with Gasteiger partial charge in [0.2, 0.25) is 0 Å².